The molecule has 1 unspecified atom stereocenters. The van der Waals surface area contributed by atoms with Gasteiger partial charge in [0.1, 0.15) is 0 Å². The van der Waals surface area contributed by atoms with Gasteiger partial charge in [-0.1, -0.05) is 0 Å². The molecule has 0 heterocycles. The number of carbonyl (C=O) groups is 1. The Morgan fingerprint density at radius 3 is 2.43 bits per heavy atom. The molecule has 41 valence electrons. The van der Waals surface area contributed by atoms with Gasteiger partial charge in [-0.3, -0.25) is 0 Å². The molecular formula is C3H7NO2Se+. The van der Waals surface area contributed by atoms with Crippen LogP contribution in [0.4, 0.5) is 0 Å². The average Bonchev–Trinajstić information content (AvgIpc) is 1.65. The number of hydrogen-bond acceptors (Lipinski definition) is 1. The summed E-state index contributed by atoms with van der Waals surface area (Å²) in [6.45, 7) is 0. The van der Waals surface area contributed by atoms with Gasteiger partial charge in [0.05, 0.1) is 0 Å². The van der Waals surface area contributed by atoms with E-state index in [1.807, 2.05) is 0 Å². The molecule has 1 atom stereocenters. The fraction of sp³-hybridized carbons (Fsp3) is 0.667. The molecule has 0 aromatic carbocycles. The monoisotopic (exact) mass is 169 g/mol. The van der Waals surface area contributed by atoms with E-state index in [-0.39, 0.29) is 0 Å². The van der Waals surface area contributed by atoms with Crippen LogP contribution in [0.25, 0.3) is 0 Å². The van der Waals surface area contributed by atoms with E-state index in [0.29, 0.717) is 5.32 Å². The molecule has 0 saturated heterocycles. The number of carboxylic acids is 1. The van der Waals surface area contributed by atoms with Crippen LogP contribution in [0.3, 0.4) is 0 Å². The van der Waals surface area contributed by atoms with Gasteiger partial charge in [-0.15, -0.1) is 0 Å². The maximum atomic E-state index is 9.85. The third-order valence-corrected chi connectivity index (χ3v) is 1.39. The van der Waals surface area contributed by atoms with Crippen LogP contribution in [0.2, 0.25) is 5.32 Å². The SMILES string of the molecule is [NH3+]C(C[Se])C(=O)O. The van der Waals surface area contributed by atoms with Crippen LogP contribution in [0.1, 0.15) is 0 Å². The summed E-state index contributed by atoms with van der Waals surface area (Å²) in [4.78, 5) is 9.85. The quantitative estimate of drug-likeness (QED) is 0.481. The van der Waals surface area contributed by atoms with Crippen LogP contribution < -0.4 is 5.73 Å². The first-order chi connectivity index (χ1) is 3.18. The summed E-state index contributed by atoms with van der Waals surface area (Å²) >= 11 is 2.58. The molecule has 4 heteroatoms. The first kappa shape index (κ1) is 6.95. The van der Waals surface area contributed by atoms with Crippen molar-refractivity contribution >= 4 is 22.0 Å². The van der Waals surface area contributed by atoms with Gasteiger partial charge in [-0.25, -0.2) is 0 Å². The molecule has 0 aromatic rings. The topological polar surface area (TPSA) is 64.9 Å². The van der Waals surface area contributed by atoms with Crippen molar-refractivity contribution in [3.63, 3.8) is 0 Å². The molecule has 4 N–H and O–H groups in total. The van der Waals surface area contributed by atoms with Crippen molar-refractivity contribution in [3.05, 3.63) is 0 Å². The van der Waals surface area contributed by atoms with E-state index in [4.69, 9.17) is 5.11 Å². The van der Waals surface area contributed by atoms with Gasteiger partial charge < -0.3 is 0 Å². The fourth-order valence-electron chi connectivity index (χ4n) is 0.0713. The Kier molecular flexibility index (Phi) is 3.00. The third kappa shape index (κ3) is 2.62. The van der Waals surface area contributed by atoms with Crippen LogP contribution in [0, 0.1) is 0 Å². The third-order valence-electron chi connectivity index (χ3n) is 0.550. The van der Waals surface area contributed by atoms with Crippen molar-refractivity contribution < 1.29 is 15.6 Å². The van der Waals surface area contributed by atoms with Crippen molar-refractivity contribution in [3.8, 4) is 0 Å². The second kappa shape index (κ2) is 3.02. The molecule has 3 nitrogen and oxygen atoms in total. The summed E-state index contributed by atoms with van der Waals surface area (Å²) in [7, 11) is 0. The Morgan fingerprint density at radius 2 is 2.43 bits per heavy atom. The molecule has 1 radical (unpaired) electrons. The molecule has 0 aromatic heterocycles. The molecule has 0 aliphatic heterocycles. The Balaban J connectivity index is 3.34. The Morgan fingerprint density at radius 1 is 2.00 bits per heavy atom. The van der Waals surface area contributed by atoms with E-state index in [2.05, 4.69) is 21.7 Å². The van der Waals surface area contributed by atoms with Gasteiger partial charge in [0.15, 0.2) is 0 Å². The molecule has 0 saturated carbocycles. The second-order valence-corrected chi connectivity index (χ2v) is 1.90. The Bertz CT molecular complexity index is 75.3. The van der Waals surface area contributed by atoms with Crippen LogP contribution in [0.5, 0.6) is 0 Å². The van der Waals surface area contributed by atoms with Crippen molar-refractivity contribution in [2.45, 2.75) is 11.4 Å². The van der Waals surface area contributed by atoms with E-state index >= 15 is 0 Å². The zero-order valence-electron chi connectivity index (χ0n) is 3.76. The normalized spacial score (nSPS) is 13.4. The van der Waals surface area contributed by atoms with Gasteiger partial charge in [0.25, 0.3) is 0 Å². The number of quaternary nitrogens is 1. The summed E-state index contributed by atoms with van der Waals surface area (Å²) < 4.78 is 0. The molecule has 0 aliphatic rings. The van der Waals surface area contributed by atoms with Crippen molar-refractivity contribution in [2.75, 3.05) is 0 Å². The van der Waals surface area contributed by atoms with Crippen molar-refractivity contribution in [1.82, 2.24) is 0 Å². The Hall–Kier alpha value is -0.0505. The van der Waals surface area contributed by atoms with Crippen LogP contribution in [0.15, 0.2) is 0 Å². The zero-order chi connectivity index (χ0) is 5.86. The van der Waals surface area contributed by atoms with Gasteiger partial charge in [-0.05, 0) is 0 Å². The average molecular weight is 168 g/mol. The summed E-state index contributed by atoms with van der Waals surface area (Å²) in [5.74, 6) is -0.848. The predicted molar refractivity (Wildman–Crippen MR) is 24.9 cm³/mol. The fourth-order valence-corrected chi connectivity index (χ4v) is 0.370. The molecule has 0 amide bonds. The summed E-state index contributed by atoms with van der Waals surface area (Å²) in [5, 5.41) is 8.58. The van der Waals surface area contributed by atoms with Crippen LogP contribution in [-0.2, 0) is 4.79 Å². The molecule has 7 heavy (non-hydrogen) atoms. The minimum atomic E-state index is -0.848. The van der Waals surface area contributed by atoms with Crippen LogP contribution in [-0.4, -0.2) is 33.1 Å². The molecule has 0 fully saturated rings. The van der Waals surface area contributed by atoms with Gasteiger partial charge in [0, 0.05) is 0 Å². The first-order valence-electron chi connectivity index (χ1n) is 1.82. The molecule has 0 aliphatic carbocycles. The summed E-state index contributed by atoms with van der Waals surface area (Å²) in [5.41, 5.74) is 3.33. The summed E-state index contributed by atoms with van der Waals surface area (Å²) in [6.07, 6.45) is 0. The van der Waals surface area contributed by atoms with Gasteiger partial charge in [0.2, 0.25) is 0 Å². The Labute approximate surface area is 49.7 Å². The molecule has 0 rings (SSSR count). The zero-order valence-corrected chi connectivity index (χ0v) is 5.47. The van der Waals surface area contributed by atoms with E-state index in [9.17, 15) is 4.79 Å². The molecule has 0 spiro atoms. The van der Waals surface area contributed by atoms with Crippen LogP contribution >= 0.6 is 0 Å². The summed E-state index contributed by atoms with van der Waals surface area (Å²) in [6, 6.07) is -0.486. The van der Waals surface area contributed by atoms with E-state index in [1.165, 1.54) is 0 Å². The second-order valence-electron chi connectivity index (χ2n) is 1.20. The van der Waals surface area contributed by atoms with E-state index < -0.39 is 12.0 Å². The predicted octanol–water partition coefficient (Wildman–Crippen LogP) is -1.73. The standard InChI is InChI=1S/C3H6NO2Se/c4-2(1-7)3(5)6/h2H,1,4H2,(H,5,6)/p+1. The van der Waals surface area contributed by atoms with E-state index in [0.717, 1.165) is 0 Å². The first-order valence-corrected chi connectivity index (χ1v) is 3.03. The maximum absolute atomic E-state index is 9.85. The number of carboxylic acid groups (broad SMARTS) is 1. The van der Waals surface area contributed by atoms with E-state index in [1.54, 1.807) is 0 Å². The van der Waals surface area contributed by atoms with Gasteiger partial charge in [-0.2, -0.15) is 0 Å². The number of hydrogen-bond donors (Lipinski definition) is 2. The molecule has 0 bridgehead atoms. The number of rotatable bonds is 2. The van der Waals surface area contributed by atoms with Crippen molar-refractivity contribution in [2.24, 2.45) is 0 Å². The molecular weight excluding hydrogens is 161 g/mol. The minimum absolute atomic E-state index is 0.481. The van der Waals surface area contributed by atoms with Crippen molar-refractivity contribution in [1.29, 1.82) is 0 Å². The number of aliphatic carboxylic acids is 1. The van der Waals surface area contributed by atoms with Gasteiger partial charge >= 0.3 is 49.0 Å².